The summed E-state index contributed by atoms with van der Waals surface area (Å²) in [7, 11) is 0. The summed E-state index contributed by atoms with van der Waals surface area (Å²) in [4.78, 5) is 17.9. The maximum absolute atomic E-state index is 11.0. The van der Waals surface area contributed by atoms with Gasteiger partial charge in [-0.15, -0.1) is 0 Å². The van der Waals surface area contributed by atoms with Gasteiger partial charge < -0.3 is 9.40 Å². The number of hydrogen-bond acceptors (Lipinski definition) is 6. The summed E-state index contributed by atoms with van der Waals surface area (Å²) in [5.41, 5.74) is 4.91. The molecule has 0 spiro atoms. The number of imidazole rings is 1. The van der Waals surface area contributed by atoms with Crippen molar-refractivity contribution in [3.8, 4) is 11.3 Å². The van der Waals surface area contributed by atoms with Gasteiger partial charge in [-0.3, -0.25) is 10.1 Å². The fraction of sp³-hybridized carbons (Fsp3) is 0. The molecule has 4 rings (SSSR count). The van der Waals surface area contributed by atoms with Crippen molar-refractivity contribution in [1.82, 2.24) is 9.97 Å². The predicted molar refractivity (Wildman–Crippen MR) is 103 cm³/mol. The van der Waals surface area contributed by atoms with Gasteiger partial charge >= 0.3 is 0 Å². The highest BCUT2D eigenvalue weighted by Gasteiger charge is 2.15. The van der Waals surface area contributed by atoms with Crippen molar-refractivity contribution in [1.29, 1.82) is 0 Å². The third-order valence-corrected chi connectivity index (χ3v) is 4.13. The fourth-order valence-corrected chi connectivity index (χ4v) is 2.73. The zero-order chi connectivity index (χ0) is 18.8. The van der Waals surface area contributed by atoms with E-state index in [1.165, 1.54) is 18.3 Å². The van der Waals surface area contributed by atoms with Gasteiger partial charge in [-0.05, 0) is 36.4 Å². The van der Waals surface area contributed by atoms with E-state index < -0.39 is 4.92 Å². The Morgan fingerprint density at radius 1 is 1.22 bits per heavy atom. The summed E-state index contributed by atoms with van der Waals surface area (Å²) in [6.07, 6.45) is 1.49. The van der Waals surface area contributed by atoms with Crippen LogP contribution in [0.2, 0.25) is 5.02 Å². The van der Waals surface area contributed by atoms with E-state index >= 15 is 0 Å². The SMILES string of the molecule is O=[N+]([O-])c1cc(-c2ccc(/C=N\Nc3nc4ccccc4[nH]3)o2)ccc1Cl. The first-order chi connectivity index (χ1) is 13.1. The number of fused-ring (bicyclic) bond motifs is 1. The summed E-state index contributed by atoms with van der Waals surface area (Å²) in [6.45, 7) is 0. The van der Waals surface area contributed by atoms with Crippen LogP contribution in [-0.4, -0.2) is 21.1 Å². The molecule has 27 heavy (non-hydrogen) atoms. The van der Waals surface area contributed by atoms with Gasteiger partial charge in [0.2, 0.25) is 5.95 Å². The molecule has 0 aliphatic carbocycles. The Kier molecular flexibility index (Phi) is 4.31. The predicted octanol–water partition coefficient (Wildman–Crippen LogP) is 4.83. The number of rotatable bonds is 5. The summed E-state index contributed by atoms with van der Waals surface area (Å²) in [6, 6.07) is 15.5. The Morgan fingerprint density at radius 2 is 2.07 bits per heavy atom. The molecule has 0 saturated carbocycles. The summed E-state index contributed by atoms with van der Waals surface area (Å²) >= 11 is 5.83. The van der Waals surface area contributed by atoms with Gasteiger partial charge in [-0.1, -0.05) is 23.7 Å². The topological polar surface area (TPSA) is 109 Å². The Bertz CT molecular complexity index is 1130. The molecule has 0 atom stereocenters. The van der Waals surface area contributed by atoms with Crippen LogP contribution in [0.3, 0.4) is 0 Å². The fourth-order valence-electron chi connectivity index (χ4n) is 2.55. The molecule has 2 aromatic heterocycles. The number of nitro benzene ring substituents is 1. The van der Waals surface area contributed by atoms with Crippen molar-refractivity contribution in [2.45, 2.75) is 0 Å². The molecule has 8 nitrogen and oxygen atoms in total. The lowest BCUT2D eigenvalue weighted by Gasteiger charge is -1.99. The highest BCUT2D eigenvalue weighted by molar-refractivity contribution is 6.32. The Labute approximate surface area is 157 Å². The normalized spacial score (nSPS) is 11.3. The lowest BCUT2D eigenvalue weighted by atomic mass is 10.1. The third-order valence-electron chi connectivity index (χ3n) is 3.81. The molecule has 2 heterocycles. The van der Waals surface area contributed by atoms with E-state index in [0.717, 1.165) is 11.0 Å². The molecule has 0 radical (unpaired) electrons. The molecule has 134 valence electrons. The van der Waals surface area contributed by atoms with Crippen molar-refractivity contribution >= 4 is 40.5 Å². The lowest BCUT2D eigenvalue weighted by Crippen LogP contribution is -1.91. The van der Waals surface area contributed by atoms with E-state index in [1.54, 1.807) is 18.2 Å². The van der Waals surface area contributed by atoms with Crippen molar-refractivity contribution in [3.05, 3.63) is 75.5 Å². The molecular formula is C18H12ClN5O3. The average molecular weight is 382 g/mol. The molecule has 0 saturated heterocycles. The van der Waals surface area contributed by atoms with Crippen molar-refractivity contribution in [2.75, 3.05) is 5.43 Å². The number of nitro groups is 1. The minimum atomic E-state index is -0.533. The minimum absolute atomic E-state index is 0.0760. The van der Waals surface area contributed by atoms with Gasteiger partial charge in [0.25, 0.3) is 5.69 Å². The number of nitrogens with one attached hydrogen (secondary N) is 2. The smallest absolute Gasteiger partial charge is 0.288 e. The number of benzene rings is 2. The second-order valence-electron chi connectivity index (χ2n) is 5.60. The molecule has 9 heteroatoms. The molecule has 2 aromatic carbocycles. The Hall–Kier alpha value is -3.65. The van der Waals surface area contributed by atoms with Crippen LogP contribution in [0, 0.1) is 10.1 Å². The third kappa shape index (κ3) is 3.51. The molecule has 0 aliphatic rings. The van der Waals surface area contributed by atoms with Gasteiger partial charge in [0, 0.05) is 11.6 Å². The van der Waals surface area contributed by atoms with E-state index in [4.69, 9.17) is 16.0 Å². The molecule has 0 fully saturated rings. The van der Waals surface area contributed by atoms with Gasteiger partial charge in [0.15, 0.2) is 0 Å². The van der Waals surface area contributed by atoms with Crippen LogP contribution in [0.25, 0.3) is 22.4 Å². The summed E-state index contributed by atoms with van der Waals surface area (Å²) in [5, 5.41) is 15.2. The number of hydrogen-bond donors (Lipinski definition) is 2. The number of anilines is 1. The quantitative estimate of drug-likeness (QED) is 0.292. The number of nitrogens with zero attached hydrogens (tertiary/aromatic N) is 3. The van der Waals surface area contributed by atoms with E-state index in [9.17, 15) is 10.1 Å². The van der Waals surface area contributed by atoms with Gasteiger partial charge in [0.1, 0.15) is 16.5 Å². The number of H-pyrrole nitrogens is 1. The number of para-hydroxylation sites is 2. The number of aromatic amines is 1. The first-order valence-electron chi connectivity index (χ1n) is 7.88. The first kappa shape index (κ1) is 16.8. The Morgan fingerprint density at radius 3 is 2.89 bits per heavy atom. The van der Waals surface area contributed by atoms with Crippen molar-refractivity contribution in [2.24, 2.45) is 5.10 Å². The highest BCUT2D eigenvalue weighted by Crippen LogP contribution is 2.31. The monoisotopic (exact) mass is 381 g/mol. The molecule has 4 aromatic rings. The second kappa shape index (κ2) is 6.93. The standard InChI is InChI=1S/C18H12ClN5O3/c19-13-7-5-11(9-16(13)24(25)26)17-8-6-12(27-17)10-20-23-18-21-14-3-1-2-4-15(14)22-18/h1-10H,(H2,21,22,23)/b20-10-. The van der Waals surface area contributed by atoms with Gasteiger partial charge in [-0.2, -0.15) is 5.10 Å². The van der Waals surface area contributed by atoms with Gasteiger partial charge in [0.05, 0.1) is 22.2 Å². The van der Waals surface area contributed by atoms with Crippen LogP contribution in [-0.2, 0) is 0 Å². The summed E-state index contributed by atoms with van der Waals surface area (Å²) < 4.78 is 5.66. The minimum Gasteiger partial charge on any atom is -0.455 e. The van der Waals surface area contributed by atoms with E-state index in [-0.39, 0.29) is 10.7 Å². The van der Waals surface area contributed by atoms with E-state index in [0.29, 0.717) is 23.0 Å². The average Bonchev–Trinajstić information content (AvgIpc) is 3.28. The molecular weight excluding hydrogens is 370 g/mol. The maximum Gasteiger partial charge on any atom is 0.288 e. The molecule has 0 unspecified atom stereocenters. The zero-order valence-electron chi connectivity index (χ0n) is 13.7. The van der Waals surface area contributed by atoms with Crippen LogP contribution in [0.5, 0.6) is 0 Å². The van der Waals surface area contributed by atoms with E-state index in [1.807, 2.05) is 24.3 Å². The van der Waals surface area contributed by atoms with Crippen LogP contribution < -0.4 is 5.43 Å². The van der Waals surface area contributed by atoms with Gasteiger partial charge in [-0.25, -0.2) is 10.4 Å². The number of aromatic nitrogens is 2. The second-order valence-corrected chi connectivity index (χ2v) is 6.01. The zero-order valence-corrected chi connectivity index (χ0v) is 14.5. The summed E-state index contributed by atoms with van der Waals surface area (Å²) in [5.74, 6) is 1.46. The number of hydrazone groups is 1. The van der Waals surface area contributed by atoms with Crippen LogP contribution >= 0.6 is 11.6 Å². The van der Waals surface area contributed by atoms with Crippen LogP contribution in [0.4, 0.5) is 11.6 Å². The van der Waals surface area contributed by atoms with Crippen LogP contribution in [0.15, 0.2) is 64.1 Å². The van der Waals surface area contributed by atoms with Crippen molar-refractivity contribution < 1.29 is 9.34 Å². The largest absolute Gasteiger partial charge is 0.455 e. The molecule has 0 aliphatic heterocycles. The molecule has 0 amide bonds. The van der Waals surface area contributed by atoms with Crippen LogP contribution in [0.1, 0.15) is 5.76 Å². The Balaban J connectivity index is 1.50. The lowest BCUT2D eigenvalue weighted by molar-refractivity contribution is -0.384. The molecule has 2 N–H and O–H groups in total. The molecule has 0 bridgehead atoms. The first-order valence-corrected chi connectivity index (χ1v) is 8.26. The maximum atomic E-state index is 11.0. The van der Waals surface area contributed by atoms with E-state index in [2.05, 4.69) is 20.5 Å². The van der Waals surface area contributed by atoms with Crippen molar-refractivity contribution in [3.63, 3.8) is 0 Å². The highest BCUT2D eigenvalue weighted by atomic mass is 35.5. The number of halogens is 1. The number of furan rings is 1.